The molecule has 2 rings (SSSR count). The molecule has 1 saturated heterocycles. The van der Waals surface area contributed by atoms with Gasteiger partial charge in [0.1, 0.15) is 0 Å². The Labute approximate surface area is 138 Å². The summed E-state index contributed by atoms with van der Waals surface area (Å²) in [6.07, 6.45) is 1.61. The molecular formula is C18H26N2O3. The summed E-state index contributed by atoms with van der Waals surface area (Å²) >= 11 is 0. The number of esters is 1. The number of nitrogens with one attached hydrogen (secondary N) is 1. The van der Waals surface area contributed by atoms with Gasteiger partial charge in [0, 0.05) is 18.8 Å². The third-order valence-electron chi connectivity index (χ3n) is 4.16. The molecule has 1 heterocycles. The van der Waals surface area contributed by atoms with Crippen LogP contribution in [0.5, 0.6) is 0 Å². The second-order valence-electron chi connectivity index (χ2n) is 6.24. The van der Waals surface area contributed by atoms with Gasteiger partial charge in [0.25, 0.3) is 0 Å². The minimum absolute atomic E-state index is 0.156. The lowest BCUT2D eigenvalue weighted by Crippen LogP contribution is -2.44. The predicted octanol–water partition coefficient (Wildman–Crippen LogP) is 3.62. The largest absolute Gasteiger partial charge is 0.466 e. The highest BCUT2D eigenvalue weighted by Crippen LogP contribution is 2.20. The lowest BCUT2D eigenvalue weighted by molar-refractivity contribution is -0.149. The first kappa shape index (κ1) is 17.3. The topological polar surface area (TPSA) is 58.6 Å². The van der Waals surface area contributed by atoms with E-state index < -0.39 is 0 Å². The van der Waals surface area contributed by atoms with Gasteiger partial charge < -0.3 is 15.0 Å². The molecule has 1 aromatic rings. The SMILES string of the molecule is CCOC(=O)[C@@H]1CCCN(C(=O)Nc2ccc(C(C)C)cc2)C1. The molecule has 5 nitrogen and oxygen atoms in total. The van der Waals surface area contributed by atoms with Crippen LogP contribution in [0.1, 0.15) is 45.1 Å². The Kier molecular flexibility index (Phi) is 6.02. The standard InChI is InChI=1S/C18H26N2O3/c1-4-23-17(21)15-6-5-11-20(12-15)18(22)19-16-9-7-14(8-10-16)13(2)3/h7-10,13,15H,4-6,11-12H2,1-3H3,(H,19,22)/t15-/m1/s1. The Morgan fingerprint density at radius 2 is 2.00 bits per heavy atom. The van der Waals surface area contributed by atoms with E-state index in [1.807, 2.05) is 24.3 Å². The van der Waals surface area contributed by atoms with Gasteiger partial charge in [-0.25, -0.2) is 4.79 Å². The quantitative estimate of drug-likeness (QED) is 0.863. The average molecular weight is 318 g/mol. The van der Waals surface area contributed by atoms with Gasteiger partial charge in [-0.2, -0.15) is 0 Å². The van der Waals surface area contributed by atoms with Crippen LogP contribution in [0.3, 0.4) is 0 Å². The molecular weight excluding hydrogens is 292 g/mol. The molecule has 23 heavy (non-hydrogen) atoms. The summed E-state index contributed by atoms with van der Waals surface area (Å²) in [4.78, 5) is 25.9. The van der Waals surface area contributed by atoms with E-state index in [1.165, 1.54) is 5.56 Å². The summed E-state index contributed by atoms with van der Waals surface area (Å²) in [7, 11) is 0. The van der Waals surface area contributed by atoms with Crippen molar-refractivity contribution in [1.29, 1.82) is 0 Å². The first-order valence-corrected chi connectivity index (χ1v) is 8.33. The first-order valence-electron chi connectivity index (χ1n) is 8.33. The summed E-state index contributed by atoms with van der Waals surface area (Å²) < 4.78 is 5.07. The molecule has 1 aliphatic heterocycles. The number of hydrogen-bond donors (Lipinski definition) is 1. The van der Waals surface area contributed by atoms with E-state index in [2.05, 4.69) is 19.2 Å². The number of nitrogens with zero attached hydrogens (tertiary/aromatic N) is 1. The molecule has 1 aliphatic rings. The monoisotopic (exact) mass is 318 g/mol. The molecule has 1 fully saturated rings. The van der Waals surface area contributed by atoms with Crippen LogP contribution in [0.15, 0.2) is 24.3 Å². The lowest BCUT2D eigenvalue weighted by atomic mass is 9.98. The van der Waals surface area contributed by atoms with Crippen molar-refractivity contribution in [2.75, 3.05) is 25.0 Å². The predicted molar refractivity (Wildman–Crippen MR) is 90.5 cm³/mol. The van der Waals surface area contributed by atoms with Crippen LogP contribution in [-0.2, 0) is 9.53 Å². The summed E-state index contributed by atoms with van der Waals surface area (Å²) in [5.74, 6) is 0.0521. The smallest absolute Gasteiger partial charge is 0.321 e. The Morgan fingerprint density at radius 1 is 1.30 bits per heavy atom. The van der Waals surface area contributed by atoms with Gasteiger partial charge in [0.15, 0.2) is 0 Å². The fourth-order valence-electron chi connectivity index (χ4n) is 2.77. The molecule has 126 valence electrons. The second kappa shape index (κ2) is 7.99. The van der Waals surface area contributed by atoms with Crippen molar-refractivity contribution in [3.8, 4) is 0 Å². The highest BCUT2D eigenvalue weighted by Gasteiger charge is 2.29. The molecule has 0 spiro atoms. The summed E-state index contributed by atoms with van der Waals surface area (Å²) in [5.41, 5.74) is 2.01. The van der Waals surface area contributed by atoms with Crippen molar-refractivity contribution in [2.45, 2.75) is 39.5 Å². The van der Waals surface area contributed by atoms with Crippen molar-refractivity contribution < 1.29 is 14.3 Å². The third kappa shape index (κ3) is 4.71. The van der Waals surface area contributed by atoms with Gasteiger partial charge in [-0.05, 0) is 43.4 Å². The third-order valence-corrected chi connectivity index (χ3v) is 4.16. The minimum Gasteiger partial charge on any atom is -0.466 e. The molecule has 1 N–H and O–H groups in total. The van der Waals surface area contributed by atoms with E-state index in [1.54, 1.807) is 11.8 Å². The number of amides is 2. The summed E-state index contributed by atoms with van der Waals surface area (Å²) in [5, 5.41) is 2.90. The van der Waals surface area contributed by atoms with Crippen molar-refractivity contribution in [3.63, 3.8) is 0 Å². The number of ether oxygens (including phenoxy) is 1. The van der Waals surface area contributed by atoms with Crippen LogP contribution in [-0.4, -0.2) is 36.6 Å². The minimum atomic E-state index is -0.210. The zero-order valence-electron chi connectivity index (χ0n) is 14.2. The van der Waals surface area contributed by atoms with Gasteiger partial charge in [-0.15, -0.1) is 0 Å². The molecule has 0 aromatic heterocycles. The van der Waals surface area contributed by atoms with E-state index in [4.69, 9.17) is 4.74 Å². The fraction of sp³-hybridized carbons (Fsp3) is 0.556. The molecule has 0 aliphatic carbocycles. The average Bonchev–Trinajstić information content (AvgIpc) is 2.55. The van der Waals surface area contributed by atoms with E-state index in [-0.39, 0.29) is 17.9 Å². The van der Waals surface area contributed by atoms with E-state index >= 15 is 0 Å². The van der Waals surface area contributed by atoms with E-state index in [0.29, 0.717) is 25.6 Å². The Bertz CT molecular complexity index is 540. The van der Waals surface area contributed by atoms with Crippen molar-refractivity contribution in [2.24, 2.45) is 5.92 Å². The normalized spacial score (nSPS) is 17.9. The maximum absolute atomic E-state index is 12.4. The van der Waals surface area contributed by atoms with Gasteiger partial charge in [0.05, 0.1) is 12.5 Å². The Balaban J connectivity index is 1.93. The number of carbonyl (C=O) groups excluding carboxylic acids is 2. The number of likely N-dealkylation sites (tertiary alicyclic amines) is 1. The van der Waals surface area contributed by atoms with Gasteiger partial charge in [-0.1, -0.05) is 26.0 Å². The zero-order valence-corrected chi connectivity index (χ0v) is 14.2. The van der Waals surface area contributed by atoms with E-state index in [9.17, 15) is 9.59 Å². The maximum atomic E-state index is 12.4. The number of anilines is 1. The zero-order chi connectivity index (χ0) is 16.8. The summed E-state index contributed by atoms with van der Waals surface area (Å²) in [6.45, 7) is 7.55. The number of hydrogen-bond acceptors (Lipinski definition) is 3. The lowest BCUT2D eigenvalue weighted by Gasteiger charge is -2.31. The molecule has 5 heteroatoms. The molecule has 1 aromatic carbocycles. The van der Waals surface area contributed by atoms with Gasteiger partial charge in [-0.3, -0.25) is 4.79 Å². The number of piperidine rings is 1. The number of rotatable bonds is 4. The van der Waals surface area contributed by atoms with Crippen LogP contribution < -0.4 is 5.32 Å². The van der Waals surface area contributed by atoms with Crippen LogP contribution in [0.25, 0.3) is 0 Å². The van der Waals surface area contributed by atoms with Crippen molar-refractivity contribution in [1.82, 2.24) is 4.90 Å². The molecule has 0 radical (unpaired) electrons. The second-order valence-corrected chi connectivity index (χ2v) is 6.24. The van der Waals surface area contributed by atoms with Crippen LogP contribution in [0, 0.1) is 5.92 Å². The molecule has 2 amide bonds. The van der Waals surface area contributed by atoms with Crippen molar-refractivity contribution >= 4 is 17.7 Å². The van der Waals surface area contributed by atoms with E-state index in [0.717, 1.165) is 18.5 Å². The molecule has 1 atom stereocenters. The number of benzene rings is 1. The van der Waals surface area contributed by atoms with Crippen molar-refractivity contribution in [3.05, 3.63) is 29.8 Å². The molecule has 0 bridgehead atoms. The van der Waals surface area contributed by atoms with Gasteiger partial charge in [0.2, 0.25) is 0 Å². The van der Waals surface area contributed by atoms with Crippen LogP contribution >= 0.6 is 0 Å². The Hall–Kier alpha value is -2.04. The van der Waals surface area contributed by atoms with Gasteiger partial charge >= 0.3 is 12.0 Å². The number of carbonyl (C=O) groups is 2. The first-order chi connectivity index (χ1) is 11.0. The number of urea groups is 1. The maximum Gasteiger partial charge on any atom is 0.321 e. The fourth-order valence-corrected chi connectivity index (χ4v) is 2.77. The molecule has 0 saturated carbocycles. The van der Waals surface area contributed by atoms with Crippen LogP contribution in [0.4, 0.5) is 10.5 Å². The molecule has 0 unspecified atom stereocenters. The Morgan fingerprint density at radius 3 is 2.61 bits per heavy atom. The highest BCUT2D eigenvalue weighted by atomic mass is 16.5. The summed E-state index contributed by atoms with van der Waals surface area (Å²) in [6, 6.07) is 7.73. The highest BCUT2D eigenvalue weighted by molar-refractivity contribution is 5.89. The van der Waals surface area contributed by atoms with Crippen LogP contribution in [0.2, 0.25) is 0 Å².